The first-order chi connectivity index (χ1) is 6.55. The fourth-order valence-corrected chi connectivity index (χ4v) is 1.52. The van der Waals surface area contributed by atoms with Gasteiger partial charge in [-0.3, -0.25) is 4.79 Å². The molecule has 4 N–H and O–H groups in total. The molecule has 0 aromatic carbocycles. The summed E-state index contributed by atoms with van der Waals surface area (Å²) in [6, 6.07) is 0. The van der Waals surface area contributed by atoms with Crippen molar-refractivity contribution in [3.05, 3.63) is 11.8 Å². The van der Waals surface area contributed by atoms with Crippen molar-refractivity contribution in [2.75, 3.05) is 6.54 Å². The molecule has 0 amide bonds. The number of hydrogen-bond donors (Lipinski definition) is 3. The summed E-state index contributed by atoms with van der Waals surface area (Å²) < 4.78 is 0. The fraction of sp³-hybridized carbons (Fsp3) is 0.667. The standard InChI is InChI=1S/C9H16N2O3/c1-3-9(6(2)8(12)13)4-7(5-10)14-11-9/h4,6,11H,3,5,10H2,1-2H3,(H,12,13). The van der Waals surface area contributed by atoms with Crippen LogP contribution < -0.4 is 11.2 Å². The zero-order valence-electron chi connectivity index (χ0n) is 8.41. The summed E-state index contributed by atoms with van der Waals surface area (Å²) in [5.74, 6) is -0.797. The SMILES string of the molecule is CCC1(C(C)C(=O)O)C=C(CN)ON1. The Morgan fingerprint density at radius 2 is 2.50 bits per heavy atom. The zero-order chi connectivity index (χ0) is 10.8. The predicted octanol–water partition coefficient (Wildman–Crippen LogP) is 0.233. The van der Waals surface area contributed by atoms with Gasteiger partial charge in [0.2, 0.25) is 0 Å². The molecular weight excluding hydrogens is 184 g/mol. The first-order valence-electron chi connectivity index (χ1n) is 4.64. The quantitative estimate of drug-likeness (QED) is 0.605. The number of hydroxylamine groups is 1. The Balaban J connectivity index is 2.89. The number of hydrogen-bond acceptors (Lipinski definition) is 4. The summed E-state index contributed by atoms with van der Waals surface area (Å²) in [6.45, 7) is 3.84. The molecule has 0 aromatic heterocycles. The van der Waals surface area contributed by atoms with E-state index in [0.717, 1.165) is 0 Å². The fourth-order valence-electron chi connectivity index (χ4n) is 1.52. The molecule has 0 saturated heterocycles. The van der Waals surface area contributed by atoms with Crippen molar-refractivity contribution in [2.24, 2.45) is 11.7 Å². The number of rotatable bonds is 4. The van der Waals surface area contributed by atoms with E-state index < -0.39 is 17.4 Å². The molecule has 1 rings (SSSR count). The van der Waals surface area contributed by atoms with E-state index in [9.17, 15) is 4.79 Å². The number of nitrogens with two attached hydrogens (primary N) is 1. The summed E-state index contributed by atoms with van der Waals surface area (Å²) in [5, 5.41) is 8.94. The maximum absolute atomic E-state index is 10.9. The van der Waals surface area contributed by atoms with Gasteiger partial charge in [0.15, 0.2) is 0 Å². The minimum atomic E-state index is -0.850. The molecule has 0 saturated carbocycles. The molecule has 5 nitrogen and oxygen atoms in total. The van der Waals surface area contributed by atoms with Gasteiger partial charge in [0.1, 0.15) is 5.76 Å². The normalized spacial score (nSPS) is 28.1. The monoisotopic (exact) mass is 200 g/mol. The van der Waals surface area contributed by atoms with Gasteiger partial charge in [0.25, 0.3) is 0 Å². The van der Waals surface area contributed by atoms with E-state index in [-0.39, 0.29) is 6.54 Å². The molecule has 1 aliphatic rings. The van der Waals surface area contributed by atoms with Crippen LogP contribution in [0, 0.1) is 5.92 Å². The first-order valence-corrected chi connectivity index (χ1v) is 4.64. The molecule has 1 heterocycles. The third-order valence-corrected chi connectivity index (χ3v) is 2.72. The average molecular weight is 200 g/mol. The zero-order valence-corrected chi connectivity index (χ0v) is 8.41. The van der Waals surface area contributed by atoms with Crippen molar-refractivity contribution in [1.29, 1.82) is 0 Å². The highest BCUT2D eigenvalue weighted by Gasteiger charge is 2.41. The average Bonchev–Trinajstić information content (AvgIpc) is 2.61. The summed E-state index contributed by atoms with van der Waals surface area (Å²) >= 11 is 0. The second kappa shape index (κ2) is 3.98. The summed E-state index contributed by atoms with van der Waals surface area (Å²) in [5.41, 5.74) is 7.53. The second-order valence-electron chi connectivity index (χ2n) is 3.47. The molecule has 5 heteroatoms. The third-order valence-electron chi connectivity index (χ3n) is 2.72. The number of carboxylic acid groups (broad SMARTS) is 1. The topological polar surface area (TPSA) is 84.6 Å². The van der Waals surface area contributed by atoms with Crippen LogP contribution in [0.1, 0.15) is 20.3 Å². The third kappa shape index (κ3) is 1.73. The molecule has 0 aromatic rings. The predicted molar refractivity (Wildman–Crippen MR) is 51.2 cm³/mol. The van der Waals surface area contributed by atoms with Gasteiger partial charge in [-0.05, 0) is 19.4 Å². The molecule has 0 fully saturated rings. The van der Waals surface area contributed by atoms with Crippen LogP contribution in [0.5, 0.6) is 0 Å². The lowest BCUT2D eigenvalue weighted by molar-refractivity contribution is -0.144. The van der Waals surface area contributed by atoms with Crippen LogP contribution in [-0.4, -0.2) is 23.2 Å². The van der Waals surface area contributed by atoms with Crippen molar-refractivity contribution in [2.45, 2.75) is 25.8 Å². The van der Waals surface area contributed by atoms with Gasteiger partial charge in [-0.25, -0.2) is 0 Å². The van der Waals surface area contributed by atoms with Crippen molar-refractivity contribution in [3.63, 3.8) is 0 Å². The van der Waals surface area contributed by atoms with Gasteiger partial charge >= 0.3 is 5.97 Å². The molecule has 0 spiro atoms. The number of carboxylic acids is 1. The maximum atomic E-state index is 10.9. The van der Waals surface area contributed by atoms with Crippen molar-refractivity contribution >= 4 is 5.97 Å². The Morgan fingerprint density at radius 1 is 1.86 bits per heavy atom. The molecule has 0 radical (unpaired) electrons. The van der Waals surface area contributed by atoms with Crippen LogP contribution >= 0.6 is 0 Å². The second-order valence-corrected chi connectivity index (χ2v) is 3.47. The molecule has 2 atom stereocenters. The Hall–Kier alpha value is -1.07. The van der Waals surface area contributed by atoms with Crippen LogP contribution in [-0.2, 0) is 9.63 Å². The minimum absolute atomic E-state index is 0.279. The van der Waals surface area contributed by atoms with Crippen molar-refractivity contribution in [1.82, 2.24) is 5.48 Å². The molecular formula is C9H16N2O3. The minimum Gasteiger partial charge on any atom is -0.481 e. The van der Waals surface area contributed by atoms with Crippen molar-refractivity contribution in [3.8, 4) is 0 Å². The largest absolute Gasteiger partial charge is 0.481 e. The van der Waals surface area contributed by atoms with E-state index in [1.165, 1.54) is 0 Å². The lowest BCUT2D eigenvalue weighted by Gasteiger charge is -2.28. The highest BCUT2D eigenvalue weighted by atomic mass is 16.7. The summed E-state index contributed by atoms with van der Waals surface area (Å²) in [6.07, 6.45) is 2.41. The molecule has 14 heavy (non-hydrogen) atoms. The Morgan fingerprint density at radius 3 is 2.86 bits per heavy atom. The Labute approximate surface area is 82.9 Å². The van der Waals surface area contributed by atoms with E-state index >= 15 is 0 Å². The van der Waals surface area contributed by atoms with Gasteiger partial charge in [0, 0.05) is 0 Å². The first kappa shape index (κ1) is 11.0. The summed E-state index contributed by atoms with van der Waals surface area (Å²) in [7, 11) is 0. The van der Waals surface area contributed by atoms with E-state index in [1.54, 1.807) is 13.0 Å². The molecule has 0 bridgehead atoms. The van der Waals surface area contributed by atoms with Gasteiger partial charge in [-0.1, -0.05) is 6.92 Å². The van der Waals surface area contributed by atoms with Crippen LogP contribution in [0.2, 0.25) is 0 Å². The lowest BCUT2D eigenvalue weighted by Crippen LogP contribution is -2.47. The molecule has 2 unspecified atom stereocenters. The Kier molecular flexibility index (Phi) is 3.13. The highest BCUT2D eigenvalue weighted by Crippen LogP contribution is 2.29. The van der Waals surface area contributed by atoms with Crippen LogP contribution in [0.15, 0.2) is 11.8 Å². The van der Waals surface area contributed by atoms with E-state index in [4.69, 9.17) is 15.7 Å². The molecule has 80 valence electrons. The number of aliphatic carboxylic acids is 1. The smallest absolute Gasteiger partial charge is 0.308 e. The van der Waals surface area contributed by atoms with Crippen molar-refractivity contribution < 1.29 is 14.7 Å². The van der Waals surface area contributed by atoms with Gasteiger partial charge in [-0.15, -0.1) is 5.48 Å². The maximum Gasteiger partial charge on any atom is 0.308 e. The van der Waals surface area contributed by atoms with Gasteiger partial charge < -0.3 is 15.7 Å². The highest BCUT2D eigenvalue weighted by molar-refractivity contribution is 5.72. The van der Waals surface area contributed by atoms with E-state index in [2.05, 4.69) is 5.48 Å². The summed E-state index contributed by atoms with van der Waals surface area (Å²) in [4.78, 5) is 16.0. The Bertz CT molecular complexity index is 265. The van der Waals surface area contributed by atoms with E-state index in [0.29, 0.717) is 12.2 Å². The lowest BCUT2D eigenvalue weighted by atomic mass is 9.83. The van der Waals surface area contributed by atoms with Crippen LogP contribution in [0.4, 0.5) is 0 Å². The number of carbonyl (C=O) groups is 1. The molecule has 1 aliphatic heterocycles. The van der Waals surface area contributed by atoms with Crippen LogP contribution in [0.3, 0.4) is 0 Å². The number of nitrogens with one attached hydrogen (secondary N) is 1. The van der Waals surface area contributed by atoms with Gasteiger partial charge in [-0.2, -0.15) is 0 Å². The molecule has 0 aliphatic carbocycles. The van der Waals surface area contributed by atoms with Gasteiger partial charge in [0.05, 0.1) is 18.0 Å². The van der Waals surface area contributed by atoms with E-state index in [1.807, 2.05) is 6.92 Å². The van der Waals surface area contributed by atoms with Crippen LogP contribution in [0.25, 0.3) is 0 Å².